The highest BCUT2D eigenvalue weighted by molar-refractivity contribution is 8.17. The molecule has 3 saturated carbocycles. The van der Waals surface area contributed by atoms with E-state index in [1.165, 1.54) is 69.3 Å². The average molecular weight is 435 g/mol. The highest BCUT2D eigenvalue weighted by Crippen LogP contribution is 2.76. The summed E-state index contributed by atoms with van der Waals surface area (Å²) < 4.78 is 6.82. The molecule has 5 fully saturated rings. The van der Waals surface area contributed by atoms with Crippen LogP contribution in [-0.4, -0.2) is 38.5 Å². The van der Waals surface area contributed by atoms with Crippen LogP contribution >= 0.6 is 23.5 Å². The molecular formula is C25H38O2S2. The van der Waals surface area contributed by atoms with Crippen LogP contribution in [-0.2, 0) is 4.74 Å². The van der Waals surface area contributed by atoms with Crippen molar-refractivity contribution in [3.8, 4) is 0 Å². The van der Waals surface area contributed by atoms with Gasteiger partial charge in [-0.25, -0.2) is 0 Å². The fourth-order valence-corrected chi connectivity index (χ4v) is 12.3. The number of aliphatic hydroxyl groups is 1. The summed E-state index contributed by atoms with van der Waals surface area (Å²) in [5.41, 5.74) is 1.37. The molecule has 4 aliphatic carbocycles. The topological polar surface area (TPSA) is 32.8 Å². The number of thioether (sulfide) groups is 2. The molecule has 0 spiro atoms. The van der Waals surface area contributed by atoms with Crippen LogP contribution in [0.25, 0.3) is 0 Å². The molecule has 1 N–H and O–H groups in total. The second kappa shape index (κ2) is 6.45. The Bertz CT molecular complexity index is 728. The molecule has 8 atom stereocenters. The zero-order valence-electron chi connectivity index (χ0n) is 18.4. The molecule has 0 aromatic rings. The molecule has 0 radical (unpaired) electrons. The molecule has 2 heterocycles. The van der Waals surface area contributed by atoms with E-state index in [0.29, 0.717) is 11.5 Å². The van der Waals surface area contributed by atoms with Crippen molar-refractivity contribution in [3.63, 3.8) is 0 Å². The van der Waals surface area contributed by atoms with Gasteiger partial charge in [0.2, 0.25) is 0 Å². The predicted octanol–water partition coefficient (Wildman–Crippen LogP) is 6.03. The third kappa shape index (κ3) is 2.41. The van der Waals surface area contributed by atoms with Gasteiger partial charge in [0.1, 0.15) is 11.2 Å². The monoisotopic (exact) mass is 434 g/mol. The van der Waals surface area contributed by atoms with Gasteiger partial charge >= 0.3 is 0 Å². The number of epoxide rings is 1. The van der Waals surface area contributed by atoms with Crippen molar-refractivity contribution in [2.24, 2.45) is 28.6 Å². The van der Waals surface area contributed by atoms with Crippen molar-refractivity contribution in [2.45, 2.75) is 100 Å². The lowest BCUT2D eigenvalue weighted by atomic mass is 9.46. The van der Waals surface area contributed by atoms with E-state index in [0.717, 1.165) is 17.8 Å². The minimum absolute atomic E-state index is 0.136. The summed E-state index contributed by atoms with van der Waals surface area (Å²) in [5, 5.41) is 12.0. The summed E-state index contributed by atoms with van der Waals surface area (Å²) in [6.07, 6.45) is 14.9. The Morgan fingerprint density at radius 2 is 1.90 bits per heavy atom. The van der Waals surface area contributed by atoms with Gasteiger partial charge in [-0.15, -0.1) is 23.5 Å². The minimum Gasteiger partial charge on any atom is -0.385 e. The van der Waals surface area contributed by atoms with Gasteiger partial charge in [-0.3, -0.25) is 0 Å². The third-order valence-electron chi connectivity index (χ3n) is 10.5. The molecule has 162 valence electrons. The summed E-state index contributed by atoms with van der Waals surface area (Å²) in [7, 11) is 0. The SMILES string of the molecule is CC(O)(C1SCCCS1)[C@@]12OC1C[C@H]1[C@@H]3CC=C4CCCC[C@]4(C)[C@H]3CC[C@@]12C. The third-order valence-corrected chi connectivity index (χ3v) is 13.9. The second-order valence-corrected chi connectivity index (χ2v) is 14.3. The van der Waals surface area contributed by atoms with Crippen LogP contribution in [0.1, 0.15) is 78.6 Å². The lowest BCUT2D eigenvalue weighted by Crippen LogP contribution is -2.61. The number of fused-ring (bicyclic) bond motifs is 7. The quantitative estimate of drug-likeness (QED) is 0.425. The summed E-state index contributed by atoms with van der Waals surface area (Å²) in [5.74, 6) is 4.76. The molecule has 0 amide bonds. The van der Waals surface area contributed by atoms with Gasteiger partial charge in [-0.05, 0) is 93.0 Å². The number of rotatable bonds is 2. The summed E-state index contributed by atoms with van der Waals surface area (Å²) in [4.78, 5) is 0. The fourth-order valence-electron chi connectivity index (χ4n) is 9.06. The first kappa shape index (κ1) is 20.0. The zero-order chi connectivity index (χ0) is 20.1. The van der Waals surface area contributed by atoms with E-state index >= 15 is 0 Å². The molecule has 2 nitrogen and oxygen atoms in total. The molecule has 29 heavy (non-hydrogen) atoms. The Hall–Kier alpha value is 0.360. The molecule has 4 heteroatoms. The van der Waals surface area contributed by atoms with E-state index in [1.54, 1.807) is 5.57 Å². The van der Waals surface area contributed by atoms with Crippen LogP contribution in [0.2, 0.25) is 0 Å². The van der Waals surface area contributed by atoms with Crippen LogP contribution in [0, 0.1) is 28.6 Å². The maximum Gasteiger partial charge on any atom is 0.130 e. The van der Waals surface area contributed by atoms with Crippen LogP contribution in [0.15, 0.2) is 11.6 Å². The van der Waals surface area contributed by atoms with Crippen molar-refractivity contribution >= 4 is 23.5 Å². The van der Waals surface area contributed by atoms with Gasteiger partial charge < -0.3 is 9.84 Å². The maximum atomic E-state index is 12.0. The second-order valence-electron chi connectivity index (χ2n) is 11.6. The first-order chi connectivity index (χ1) is 13.8. The molecule has 0 bridgehead atoms. The maximum absolute atomic E-state index is 12.0. The van der Waals surface area contributed by atoms with Gasteiger partial charge in [0.15, 0.2) is 0 Å². The van der Waals surface area contributed by atoms with Gasteiger partial charge in [0.25, 0.3) is 0 Å². The zero-order valence-corrected chi connectivity index (χ0v) is 20.0. The molecular weight excluding hydrogens is 396 g/mol. The van der Waals surface area contributed by atoms with Gasteiger partial charge in [0, 0.05) is 5.41 Å². The Morgan fingerprint density at radius 1 is 1.10 bits per heavy atom. The molecule has 0 aromatic carbocycles. The molecule has 2 saturated heterocycles. The number of hydrogen-bond donors (Lipinski definition) is 1. The van der Waals surface area contributed by atoms with Crippen LogP contribution in [0.5, 0.6) is 0 Å². The van der Waals surface area contributed by atoms with Crippen molar-refractivity contribution in [2.75, 3.05) is 11.5 Å². The first-order valence-electron chi connectivity index (χ1n) is 12.2. The molecule has 6 aliphatic rings. The number of hydrogen-bond acceptors (Lipinski definition) is 4. The Balaban J connectivity index is 1.33. The highest BCUT2D eigenvalue weighted by Gasteiger charge is 2.83. The van der Waals surface area contributed by atoms with E-state index in [-0.39, 0.29) is 15.6 Å². The smallest absolute Gasteiger partial charge is 0.130 e. The minimum atomic E-state index is -0.728. The van der Waals surface area contributed by atoms with Crippen LogP contribution in [0.4, 0.5) is 0 Å². The number of allylic oxidation sites excluding steroid dienone is 2. The summed E-state index contributed by atoms with van der Waals surface area (Å²) >= 11 is 3.96. The van der Waals surface area contributed by atoms with E-state index < -0.39 is 5.60 Å². The normalized spacial score (nSPS) is 53.7. The van der Waals surface area contributed by atoms with Crippen molar-refractivity contribution in [1.82, 2.24) is 0 Å². The summed E-state index contributed by atoms with van der Waals surface area (Å²) in [6, 6.07) is 0. The predicted molar refractivity (Wildman–Crippen MR) is 123 cm³/mol. The molecule has 2 aliphatic heterocycles. The lowest BCUT2D eigenvalue weighted by molar-refractivity contribution is -0.134. The van der Waals surface area contributed by atoms with Crippen molar-refractivity contribution in [3.05, 3.63) is 11.6 Å². The Labute approximate surface area is 185 Å². The van der Waals surface area contributed by atoms with Gasteiger partial charge in [0.05, 0.1) is 10.7 Å². The molecule has 6 rings (SSSR count). The summed E-state index contributed by atoms with van der Waals surface area (Å²) in [6.45, 7) is 7.24. The van der Waals surface area contributed by atoms with Crippen LogP contribution in [0.3, 0.4) is 0 Å². The largest absolute Gasteiger partial charge is 0.385 e. The van der Waals surface area contributed by atoms with Gasteiger partial charge in [-0.2, -0.15) is 0 Å². The highest BCUT2D eigenvalue weighted by atomic mass is 32.2. The fraction of sp³-hybridized carbons (Fsp3) is 0.920. The first-order valence-corrected chi connectivity index (χ1v) is 14.3. The van der Waals surface area contributed by atoms with E-state index in [1.807, 2.05) is 23.5 Å². The number of ether oxygens (including phenoxy) is 1. The van der Waals surface area contributed by atoms with E-state index in [2.05, 4.69) is 26.8 Å². The van der Waals surface area contributed by atoms with Crippen LogP contribution < -0.4 is 0 Å². The molecule has 2 unspecified atom stereocenters. The van der Waals surface area contributed by atoms with Crippen molar-refractivity contribution in [1.29, 1.82) is 0 Å². The Morgan fingerprint density at radius 3 is 2.69 bits per heavy atom. The Kier molecular flexibility index (Phi) is 4.45. The van der Waals surface area contributed by atoms with E-state index in [9.17, 15) is 5.11 Å². The average Bonchev–Trinajstić information content (AvgIpc) is 3.41. The standard InChI is InChI=1S/C25H38O2S2/c1-22-11-5-4-7-16(22)8-9-17-18(22)10-12-23(2)19(17)15-20-25(23,27-20)24(3,26)21-28-13-6-14-29-21/h8,17-21,26H,4-7,9-15H2,1-3H3/t17-,18+,19+,20?,22+,23+,24?,25-/m1/s1. The van der Waals surface area contributed by atoms with E-state index in [4.69, 9.17) is 4.74 Å². The lowest BCUT2D eigenvalue weighted by Gasteiger charge is -2.59. The molecule has 0 aromatic heterocycles. The van der Waals surface area contributed by atoms with Crippen molar-refractivity contribution < 1.29 is 9.84 Å². The van der Waals surface area contributed by atoms with Gasteiger partial charge in [-0.1, -0.05) is 31.9 Å².